The molecule has 0 atom stereocenters. The molecule has 0 aliphatic heterocycles. The minimum Gasteiger partial charge on any atom is -0.497 e. The summed E-state index contributed by atoms with van der Waals surface area (Å²) >= 11 is 0. The van der Waals surface area contributed by atoms with Crippen molar-refractivity contribution in [3.8, 4) is 22.9 Å². The molecule has 8 nitrogen and oxygen atoms in total. The van der Waals surface area contributed by atoms with Crippen molar-refractivity contribution >= 4 is 11.7 Å². The second kappa shape index (κ2) is 8.22. The fourth-order valence-electron chi connectivity index (χ4n) is 2.37. The molecule has 1 aromatic heterocycles. The third-order valence-electron chi connectivity index (χ3n) is 3.86. The zero-order valence-corrected chi connectivity index (χ0v) is 15.3. The summed E-state index contributed by atoms with van der Waals surface area (Å²) in [5.41, 5.74) is 1.44. The lowest BCUT2D eigenvalue weighted by Crippen LogP contribution is -2.30. The molecule has 8 heteroatoms. The third-order valence-corrected chi connectivity index (χ3v) is 3.86. The molecule has 1 N–H and O–H groups in total. The summed E-state index contributed by atoms with van der Waals surface area (Å²) in [6, 6.07) is 14.1. The lowest BCUT2D eigenvalue weighted by Gasteiger charge is -2.16. The van der Waals surface area contributed by atoms with Crippen molar-refractivity contribution < 1.29 is 18.8 Å². The Morgan fingerprint density at radius 3 is 2.56 bits per heavy atom. The smallest absolute Gasteiger partial charge is 0.322 e. The van der Waals surface area contributed by atoms with Crippen LogP contribution in [0.2, 0.25) is 0 Å². The number of hydrogen-bond donors (Lipinski definition) is 1. The Kier molecular flexibility index (Phi) is 5.55. The molecule has 3 aromatic rings. The Hall–Kier alpha value is -3.55. The molecule has 27 heavy (non-hydrogen) atoms. The second-order valence-corrected chi connectivity index (χ2v) is 5.76. The average molecular weight is 368 g/mol. The van der Waals surface area contributed by atoms with Gasteiger partial charge < -0.3 is 24.2 Å². The zero-order valence-electron chi connectivity index (χ0n) is 15.3. The first-order valence-electron chi connectivity index (χ1n) is 8.22. The first-order valence-corrected chi connectivity index (χ1v) is 8.22. The van der Waals surface area contributed by atoms with E-state index in [1.54, 1.807) is 45.5 Å². The number of methoxy groups -OCH3 is 2. The van der Waals surface area contributed by atoms with E-state index in [0.717, 1.165) is 11.3 Å². The fraction of sp³-hybridized carbons (Fsp3) is 0.211. The first-order chi connectivity index (χ1) is 13.1. The van der Waals surface area contributed by atoms with Crippen molar-refractivity contribution in [2.45, 2.75) is 6.54 Å². The van der Waals surface area contributed by atoms with Crippen LogP contribution < -0.4 is 14.8 Å². The molecule has 0 spiro atoms. The SMILES string of the molecule is COc1ccc(-c2noc(CN(C)C(=O)Nc3cccc(OC)c3)n2)cc1. The Bertz CT molecular complexity index is 908. The number of benzene rings is 2. The van der Waals surface area contributed by atoms with E-state index in [9.17, 15) is 4.79 Å². The number of anilines is 1. The minimum atomic E-state index is -0.299. The summed E-state index contributed by atoms with van der Waals surface area (Å²) < 4.78 is 15.5. The van der Waals surface area contributed by atoms with E-state index in [2.05, 4.69) is 15.5 Å². The predicted octanol–water partition coefficient (Wildman–Crippen LogP) is 3.42. The van der Waals surface area contributed by atoms with Gasteiger partial charge in [-0.25, -0.2) is 4.79 Å². The number of carbonyl (C=O) groups is 1. The second-order valence-electron chi connectivity index (χ2n) is 5.76. The van der Waals surface area contributed by atoms with Crippen LogP contribution in [0.4, 0.5) is 10.5 Å². The highest BCUT2D eigenvalue weighted by molar-refractivity contribution is 5.89. The van der Waals surface area contributed by atoms with E-state index in [4.69, 9.17) is 14.0 Å². The van der Waals surface area contributed by atoms with Crippen LogP contribution in [0.1, 0.15) is 5.89 Å². The van der Waals surface area contributed by atoms with Gasteiger partial charge in [-0.05, 0) is 36.4 Å². The molecule has 2 aromatic carbocycles. The molecular formula is C19H20N4O4. The quantitative estimate of drug-likeness (QED) is 0.717. The van der Waals surface area contributed by atoms with Crippen molar-refractivity contribution in [1.29, 1.82) is 0 Å². The molecule has 0 saturated carbocycles. The van der Waals surface area contributed by atoms with Crippen LogP contribution in [0.5, 0.6) is 11.5 Å². The summed E-state index contributed by atoms with van der Waals surface area (Å²) in [5.74, 6) is 2.20. The summed E-state index contributed by atoms with van der Waals surface area (Å²) in [7, 11) is 4.82. The summed E-state index contributed by atoms with van der Waals surface area (Å²) in [5, 5.41) is 6.75. The number of rotatable bonds is 6. The van der Waals surface area contributed by atoms with E-state index >= 15 is 0 Å². The third kappa shape index (κ3) is 4.55. The summed E-state index contributed by atoms with van der Waals surface area (Å²) in [4.78, 5) is 18.1. The average Bonchev–Trinajstić information content (AvgIpc) is 3.16. The summed E-state index contributed by atoms with van der Waals surface area (Å²) in [6.45, 7) is 0.180. The van der Waals surface area contributed by atoms with E-state index < -0.39 is 0 Å². The van der Waals surface area contributed by atoms with Gasteiger partial charge in [-0.15, -0.1) is 0 Å². The molecular weight excluding hydrogens is 348 g/mol. The normalized spacial score (nSPS) is 10.3. The van der Waals surface area contributed by atoms with E-state index in [1.165, 1.54) is 4.90 Å². The topological polar surface area (TPSA) is 89.7 Å². The lowest BCUT2D eigenvalue weighted by atomic mass is 10.2. The number of ether oxygens (including phenoxy) is 2. The van der Waals surface area contributed by atoms with E-state index in [0.29, 0.717) is 23.2 Å². The fourth-order valence-corrected chi connectivity index (χ4v) is 2.37. The lowest BCUT2D eigenvalue weighted by molar-refractivity contribution is 0.213. The maximum Gasteiger partial charge on any atom is 0.322 e. The van der Waals surface area contributed by atoms with Crippen LogP contribution in [0.3, 0.4) is 0 Å². The van der Waals surface area contributed by atoms with Crippen molar-refractivity contribution in [2.75, 3.05) is 26.6 Å². The Morgan fingerprint density at radius 1 is 1.11 bits per heavy atom. The van der Waals surface area contributed by atoms with Gasteiger partial charge in [0.25, 0.3) is 0 Å². The maximum atomic E-state index is 12.3. The number of amides is 2. The summed E-state index contributed by atoms with van der Waals surface area (Å²) in [6.07, 6.45) is 0. The van der Waals surface area contributed by atoms with Gasteiger partial charge in [0.1, 0.15) is 18.0 Å². The van der Waals surface area contributed by atoms with Gasteiger partial charge in [0.2, 0.25) is 11.7 Å². The minimum absolute atomic E-state index is 0.180. The highest BCUT2D eigenvalue weighted by Gasteiger charge is 2.15. The number of urea groups is 1. The first kappa shape index (κ1) is 18.2. The largest absolute Gasteiger partial charge is 0.497 e. The number of hydrogen-bond acceptors (Lipinski definition) is 6. The van der Waals surface area contributed by atoms with Crippen LogP contribution in [0.15, 0.2) is 53.1 Å². The van der Waals surface area contributed by atoms with Gasteiger partial charge in [-0.2, -0.15) is 4.98 Å². The molecule has 3 rings (SSSR count). The molecule has 0 bridgehead atoms. The van der Waals surface area contributed by atoms with Crippen molar-refractivity contribution in [3.63, 3.8) is 0 Å². The number of carbonyl (C=O) groups excluding carboxylic acids is 1. The van der Waals surface area contributed by atoms with E-state index in [-0.39, 0.29) is 12.6 Å². The van der Waals surface area contributed by atoms with Crippen LogP contribution in [0, 0.1) is 0 Å². The molecule has 0 saturated heterocycles. The monoisotopic (exact) mass is 368 g/mol. The van der Waals surface area contributed by atoms with Gasteiger partial charge in [-0.3, -0.25) is 0 Å². The number of aromatic nitrogens is 2. The molecule has 0 aliphatic carbocycles. The molecule has 0 unspecified atom stereocenters. The molecule has 140 valence electrons. The number of nitrogens with zero attached hydrogens (tertiary/aromatic N) is 3. The molecule has 0 radical (unpaired) electrons. The van der Waals surface area contributed by atoms with Crippen LogP contribution >= 0.6 is 0 Å². The van der Waals surface area contributed by atoms with E-state index in [1.807, 2.05) is 24.3 Å². The molecule has 0 fully saturated rings. The van der Waals surface area contributed by atoms with Crippen molar-refractivity contribution in [3.05, 3.63) is 54.4 Å². The molecule has 0 aliphatic rings. The van der Waals surface area contributed by atoms with Crippen LogP contribution in [0.25, 0.3) is 11.4 Å². The Morgan fingerprint density at radius 2 is 1.85 bits per heavy atom. The Balaban J connectivity index is 1.62. The highest BCUT2D eigenvalue weighted by atomic mass is 16.5. The predicted molar refractivity (Wildman–Crippen MR) is 99.8 cm³/mol. The van der Waals surface area contributed by atoms with Gasteiger partial charge in [0.05, 0.1) is 14.2 Å². The zero-order chi connectivity index (χ0) is 19.2. The Labute approximate surface area is 156 Å². The van der Waals surface area contributed by atoms with Crippen molar-refractivity contribution in [2.24, 2.45) is 0 Å². The number of nitrogens with one attached hydrogen (secondary N) is 1. The van der Waals surface area contributed by atoms with Crippen molar-refractivity contribution in [1.82, 2.24) is 15.0 Å². The van der Waals surface area contributed by atoms with Gasteiger partial charge in [0.15, 0.2) is 0 Å². The standard InChI is InChI=1S/C19H20N4O4/c1-23(19(24)20-14-5-4-6-16(11-14)26-3)12-17-21-18(22-27-17)13-7-9-15(25-2)10-8-13/h4-11H,12H2,1-3H3,(H,20,24). The van der Waals surface area contributed by atoms with Gasteiger partial charge >= 0.3 is 6.03 Å². The van der Waals surface area contributed by atoms with Crippen LogP contribution in [-0.2, 0) is 6.54 Å². The molecule has 1 heterocycles. The highest BCUT2D eigenvalue weighted by Crippen LogP contribution is 2.20. The van der Waals surface area contributed by atoms with Gasteiger partial charge in [0, 0.05) is 24.4 Å². The maximum absolute atomic E-state index is 12.3. The van der Waals surface area contributed by atoms with Gasteiger partial charge in [-0.1, -0.05) is 11.2 Å². The molecule has 2 amide bonds. The van der Waals surface area contributed by atoms with Crippen LogP contribution in [-0.4, -0.2) is 42.3 Å².